The van der Waals surface area contributed by atoms with Crippen molar-refractivity contribution >= 4 is 11.8 Å². The molecule has 1 aromatic rings. The number of imide groups is 1. The van der Waals surface area contributed by atoms with Crippen LogP contribution in [0.15, 0.2) is 30.3 Å². The third kappa shape index (κ3) is 2.59. The molecule has 5 nitrogen and oxygen atoms in total. The van der Waals surface area contributed by atoms with Crippen LogP contribution in [0.1, 0.15) is 25.7 Å². The van der Waals surface area contributed by atoms with Gasteiger partial charge in [-0.15, -0.1) is 0 Å². The molecule has 2 saturated heterocycles. The number of likely N-dealkylation sites (tertiary alicyclic amines) is 1. The fourth-order valence-electron chi connectivity index (χ4n) is 2.74. The zero-order valence-electron chi connectivity index (χ0n) is 12.2. The van der Waals surface area contributed by atoms with E-state index >= 15 is 0 Å². The molecule has 2 heterocycles. The van der Waals surface area contributed by atoms with E-state index in [2.05, 4.69) is 0 Å². The lowest BCUT2D eigenvalue weighted by atomic mass is 10.00. The van der Waals surface area contributed by atoms with Gasteiger partial charge in [-0.25, -0.2) is 0 Å². The first kappa shape index (κ1) is 14.2. The Balaban J connectivity index is 1.63. The molecule has 21 heavy (non-hydrogen) atoms. The van der Waals surface area contributed by atoms with Gasteiger partial charge in [0.05, 0.1) is 13.2 Å². The van der Waals surface area contributed by atoms with Crippen LogP contribution in [-0.2, 0) is 19.1 Å². The van der Waals surface area contributed by atoms with Crippen LogP contribution in [0.2, 0.25) is 0 Å². The molecule has 2 fully saturated rings. The molecule has 4 atom stereocenters. The number of benzene rings is 1. The Hall–Kier alpha value is -1.72. The van der Waals surface area contributed by atoms with E-state index in [-0.39, 0.29) is 36.3 Å². The van der Waals surface area contributed by atoms with Crippen molar-refractivity contribution in [3.05, 3.63) is 35.9 Å². The zero-order valence-corrected chi connectivity index (χ0v) is 12.2. The number of carbonyl (C=O) groups is 2. The SMILES string of the molecule is CC1C(=O)N(CC2COC(c3ccccc3)O2)C(=O)C1C. The highest BCUT2D eigenvalue weighted by Crippen LogP contribution is 2.30. The summed E-state index contributed by atoms with van der Waals surface area (Å²) in [6.07, 6.45) is -0.681. The Kier molecular flexibility index (Phi) is 3.78. The Bertz CT molecular complexity index is 524. The summed E-state index contributed by atoms with van der Waals surface area (Å²) in [6.45, 7) is 4.25. The highest BCUT2D eigenvalue weighted by molar-refractivity contribution is 6.04. The maximum absolute atomic E-state index is 12.1. The van der Waals surface area contributed by atoms with Gasteiger partial charge >= 0.3 is 0 Å². The van der Waals surface area contributed by atoms with E-state index in [1.54, 1.807) is 13.8 Å². The van der Waals surface area contributed by atoms with Crippen molar-refractivity contribution in [3.8, 4) is 0 Å². The molecule has 0 radical (unpaired) electrons. The summed E-state index contributed by atoms with van der Waals surface area (Å²) in [5, 5.41) is 0. The number of rotatable bonds is 3. The lowest BCUT2D eigenvalue weighted by Gasteiger charge is -2.18. The summed E-state index contributed by atoms with van der Waals surface area (Å²) in [4.78, 5) is 25.5. The second-order valence-corrected chi connectivity index (χ2v) is 5.70. The van der Waals surface area contributed by atoms with Crippen LogP contribution in [-0.4, -0.2) is 36.0 Å². The molecule has 0 N–H and O–H groups in total. The molecule has 112 valence electrons. The number of hydrogen-bond acceptors (Lipinski definition) is 4. The number of hydrogen-bond donors (Lipinski definition) is 0. The molecule has 0 aromatic heterocycles. The van der Waals surface area contributed by atoms with E-state index in [1.165, 1.54) is 4.90 Å². The third-order valence-corrected chi connectivity index (χ3v) is 4.27. The van der Waals surface area contributed by atoms with Crippen LogP contribution in [0.5, 0.6) is 0 Å². The average Bonchev–Trinajstić information content (AvgIpc) is 3.05. The monoisotopic (exact) mass is 289 g/mol. The molecule has 3 rings (SSSR count). The predicted octanol–water partition coefficient (Wildman–Crippen LogP) is 1.74. The summed E-state index contributed by atoms with van der Waals surface area (Å²) in [5.41, 5.74) is 0.945. The van der Waals surface area contributed by atoms with Gasteiger partial charge in [-0.2, -0.15) is 0 Å². The minimum absolute atomic E-state index is 0.112. The zero-order chi connectivity index (χ0) is 15.0. The van der Waals surface area contributed by atoms with Gasteiger partial charge in [-0.3, -0.25) is 14.5 Å². The molecular weight excluding hydrogens is 270 g/mol. The fourth-order valence-corrected chi connectivity index (χ4v) is 2.74. The summed E-state index contributed by atoms with van der Waals surface area (Å²) >= 11 is 0. The highest BCUT2D eigenvalue weighted by Gasteiger charge is 2.44. The quantitative estimate of drug-likeness (QED) is 0.795. The topological polar surface area (TPSA) is 55.8 Å². The smallest absolute Gasteiger partial charge is 0.232 e. The lowest BCUT2D eigenvalue weighted by molar-refractivity contribution is -0.142. The first-order chi connectivity index (χ1) is 10.1. The summed E-state index contributed by atoms with van der Waals surface area (Å²) in [7, 11) is 0. The third-order valence-electron chi connectivity index (χ3n) is 4.27. The van der Waals surface area contributed by atoms with Crippen molar-refractivity contribution in [1.29, 1.82) is 0 Å². The van der Waals surface area contributed by atoms with Gasteiger partial charge in [0.15, 0.2) is 6.29 Å². The average molecular weight is 289 g/mol. The van der Waals surface area contributed by atoms with Crippen molar-refractivity contribution in [3.63, 3.8) is 0 Å². The predicted molar refractivity (Wildman–Crippen MR) is 75.1 cm³/mol. The second-order valence-electron chi connectivity index (χ2n) is 5.70. The minimum Gasteiger partial charge on any atom is -0.346 e. The molecule has 4 unspecified atom stereocenters. The largest absolute Gasteiger partial charge is 0.346 e. The van der Waals surface area contributed by atoms with E-state index in [1.807, 2.05) is 30.3 Å². The van der Waals surface area contributed by atoms with E-state index in [4.69, 9.17) is 9.47 Å². The van der Waals surface area contributed by atoms with Crippen LogP contribution in [0.3, 0.4) is 0 Å². The Morgan fingerprint density at radius 2 is 1.71 bits per heavy atom. The van der Waals surface area contributed by atoms with Crippen LogP contribution < -0.4 is 0 Å². The van der Waals surface area contributed by atoms with E-state index in [9.17, 15) is 9.59 Å². The number of nitrogens with zero attached hydrogens (tertiary/aromatic N) is 1. The van der Waals surface area contributed by atoms with Gasteiger partial charge in [0.1, 0.15) is 6.10 Å². The molecule has 0 bridgehead atoms. The lowest BCUT2D eigenvalue weighted by Crippen LogP contribution is -2.38. The first-order valence-electron chi connectivity index (χ1n) is 7.25. The molecule has 1 aromatic carbocycles. The summed E-state index contributed by atoms with van der Waals surface area (Å²) in [5.74, 6) is -0.715. The van der Waals surface area contributed by atoms with Gasteiger partial charge < -0.3 is 9.47 Å². The molecule has 2 aliphatic heterocycles. The van der Waals surface area contributed by atoms with Gasteiger partial charge in [0.2, 0.25) is 11.8 Å². The number of ether oxygens (including phenoxy) is 2. The number of amides is 2. The van der Waals surface area contributed by atoms with Crippen LogP contribution >= 0.6 is 0 Å². The Labute approximate surface area is 123 Å². The number of carbonyl (C=O) groups excluding carboxylic acids is 2. The molecular formula is C16H19NO4. The van der Waals surface area contributed by atoms with E-state index in [0.29, 0.717) is 6.61 Å². The van der Waals surface area contributed by atoms with Crippen molar-refractivity contribution in [2.45, 2.75) is 26.2 Å². The van der Waals surface area contributed by atoms with Gasteiger partial charge in [-0.1, -0.05) is 44.2 Å². The maximum atomic E-state index is 12.1. The van der Waals surface area contributed by atoms with Gasteiger partial charge in [0.25, 0.3) is 0 Å². The maximum Gasteiger partial charge on any atom is 0.232 e. The van der Waals surface area contributed by atoms with E-state index in [0.717, 1.165) is 5.56 Å². The van der Waals surface area contributed by atoms with Crippen molar-refractivity contribution < 1.29 is 19.1 Å². The van der Waals surface area contributed by atoms with Gasteiger partial charge in [0, 0.05) is 17.4 Å². The molecule has 2 amide bonds. The van der Waals surface area contributed by atoms with Crippen molar-refractivity contribution in [2.75, 3.05) is 13.2 Å². The Morgan fingerprint density at radius 3 is 2.33 bits per heavy atom. The standard InChI is InChI=1S/C16H19NO4/c1-10-11(2)15(19)17(14(10)18)8-13-9-20-16(21-13)12-6-4-3-5-7-12/h3-7,10-11,13,16H,8-9H2,1-2H3. The van der Waals surface area contributed by atoms with E-state index < -0.39 is 6.29 Å². The summed E-state index contributed by atoms with van der Waals surface area (Å²) in [6, 6.07) is 9.64. The normalized spacial score (nSPS) is 33.0. The van der Waals surface area contributed by atoms with Crippen molar-refractivity contribution in [1.82, 2.24) is 4.90 Å². The molecule has 0 aliphatic carbocycles. The van der Waals surface area contributed by atoms with Crippen LogP contribution in [0.25, 0.3) is 0 Å². The van der Waals surface area contributed by atoms with Gasteiger partial charge in [-0.05, 0) is 0 Å². The van der Waals surface area contributed by atoms with Crippen LogP contribution in [0, 0.1) is 11.8 Å². The molecule has 0 saturated carbocycles. The molecule has 2 aliphatic rings. The summed E-state index contributed by atoms with van der Waals surface area (Å²) < 4.78 is 11.4. The highest BCUT2D eigenvalue weighted by atomic mass is 16.7. The van der Waals surface area contributed by atoms with Crippen molar-refractivity contribution in [2.24, 2.45) is 11.8 Å². The molecule has 5 heteroatoms. The molecule has 0 spiro atoms. The fraction of sp³-hybridized carbons (Fsp3) is 0.500. The minimum atomic E-state index is -0.418. The second kappa shape index (κ2) is 5.58. The Morgan fingerprint density at radius 1 is 1.10 bits per heavy atom. The van der Waals surface area contributed by atoms with Crippen LogP contribution in [0.4, 0.5) is 0 Å². The first-order valence-corrected chi connectivity index (χ1v) is 7.25.